The molecule has 1 heterocycles. The summed E-state index contributed by atoms with van der Waals surface area (Å²) in [6.45, 7) is 12.3. The molecule has 0 aromatic rings. The van der Waals surface area contributed by atoms with Gasteiger partial charge in [-0.25, -0.2) is 0 Å². The maximum absolute atomic E-state index is 5.46. The average Bonchev–Trinajstić information content (AvgIpc) is 2.45. The zero-order chi connectivity index (χ0) is 11.5. The third kappa shape index (κ3) is 5.25. The van der Waals surface area contributed by atoms with Crippen LogP contribution in [0.1, 0.15) is 53.9 Å². The van der Waals surface area contributed by atoms with Gasteiger partial charge in [-0.2, -0.15) is 0 Å². The van der Waals surface area contributed by atoms with E-state index in [1.165, 1.54) is 19.3 Å². The SMILES string of the molecule is CC1=CC(CCC(C)CC(C)(C)C)CO1. The Bertz CT molecular complexity index is 222. The minimum absolute atomic E-state index is 0.470. The number of allylic oxidation sites excluding steroid dienone is 1. The van der Waals surface area contributed by atoms with E-state index in [2.05, 4.69) is 40.7 Å². The number of rotatable bonds is 4. The highest BCUT2D eigenvalue weighted by Gasteiger charge is 2.18. The second kappa shape index (κ2) is 5.05. The lowest BCUT2D eigenvalue weighted by molar-refractivity contribution is 0.208. The Morgan fingerprint density at radius 2 is 2.13 bits per heavy atom. The van der Waals surface area contributed by atoms with Gasteiger partial charge in [-0.1, -0.05) is 34.1 Å². The van der Waals surface area contributed by atoms with E-state index < -0.39 is 0 Å². The van der Waals surface area contributed by atoms with Crippen molar-refractivity contribution in [2.45, 2.75) is 53.9 Å². The van der Waals surface area contributed by atoms with Gasteiger partial charge in [0.05, 0.1) is 12.4 Å². The van der Waals surface area contributed by atoms with Crippen molar-refractivity contribution in [2.24, 2.45) is 17.3 Å². The molecule has 0 N–H and O–H groups in total. The van der Waals surface area contributed by atoms with Gasteiger partial charge in [-0.05, 0) is 37.2 Å². The zero-order valence-electron chi connectivity index (χ0n) is 11.0. The van der Waals surface area contributed by atoms with Crippen LogP contribution in [0.3, 0.4) is 0 Å². The van der Waals surface area contributed by atoms with Gasteiger partial charge in [0.15, 0.2) is 0 Å². The molecule has 88 valence electrons. The van der Waals surface area contributed by atoms with E-state index in [1.807, 2.05) is 0 Å². The lowest BCUT2D eigenvalue weighted by Crippen LogP contribution is -2.12. The van der Waals surface area contributed by atoms with Gasteiger partial charge < -0.3 is 4.74 Å². The Labute approximate surface area is 94.9 Å². The molecule has 1 heteroatoms. The fraction of sp³-hybridized carbons (Fsp3) is 0.857. The van der Waals surface area contributed by atoms with Gasteiger partial charge in [0.2, 0.25) is 0 Å². The predicted molar refractivity (Wildman–Crippen MR) is 65.7 cm³/mol. The zero-order valence-corrected chi connectivity index (χ0v) is 11.0. The molecule has 0 aromatic heterocycles. The van der Waals surface area contributed by atoms with Crippen LogP contribution in [0.4, 0.5) is 0 Å². The monoisotopic (exact) mass is 210 g/mol. The molecule has 0 spiro atoms. The summed E-state index contributed by atoms with van der Waals surface area (Å²) in [6.07, 6.45) is 6.22. The summed E-state index contributed by atoms with van der Waals surface area (Å²) < 4.78 is 5.46. The molecule has 0 aromatic carbocycles. The first-order valence-corrected chi connectivity index (χ1v) is 6.18. The van der Waals surface area contributed by atoms with E-state index in [0.717, 1.165) is 18.3 Å². The molecule has 1 aliphatic rings. The number of ether oxygens (including phenoxy) is 1. The van der Waals surface area contributed by atoms with E-state index in [9.17, 15) is 0 Å². The van der Waals surface area contributed by atoms with Crippen LogP contribution in [-0.4, -0.2) is 6.61 Å². The minimum Gasteiger partial charge on any atom is -0.498 e. The molecular weight excluding hydrogens is 184 g/mol. The van der Waals surface area contributed by atoms with Crippen molar-refractivity contribution in [1.29, 1.82) is 0 Å². The number of hydrogen-bond donors (Lipinski definition) is 0. The molecule has 0 saturated heterocycles. The van der Waals surface area contributed by atoms with Crippen molar-refractivity contribution in [1.82, 2.24) is 0 Å². The van der Waals surface area contributed by atoms with Crippen molar-refractivity contribution in [3.8, 4) is 0 Å². The van der Waals surface area contributed by atoms with Gasteiger partial charge in [-0.15, -0.1) is 0 Å². The van der Waals surface area contributed by atoms with Crippen molar-refractivity contribution in [2.75, 3.05) is 6.61 Å². The molecule has 1 rings (SSSR count). The quantitative estimate of drug-likeness (QED) is 0.668. The summed E-state index contributed by atoms with van der Waals surface area (Å²) in [5.41, 5.74) is 0.470. The van der Waals surface area contributed by atoms with Crippen LogP contribution < -0.4 is 0 Å². The van der Waals surface area contributed by atoms with E-state index in [-0.39, 0.29) is 0 Å². The predicted octanol–water partition coefficient (Wildman–Crippen LogP) is 4.39. The lowest BCUT2D eigenvalue weighted by Gasteiger charge is -2.23. The van der Waals surface area contributed by atoms with Crippen LogP contribution in [0.2, 0.25) is 0 Å². The minimum atomic E-state index is 0.470. The molecule has 0 aliphatic carbocycles. The summed E-state index contributed by atoms with van der Waals surface area (Å²) in [4.78, 5) is 0. The normalized spacial score (nSPS) is 23.5. The van der Waals surface area contributed by atoms with Gasteiger partial charge >= 0.3 is 0 Å². The third-order valence-electron chi connectivity index (χ3n) is 2.99. The standard InChI is InChI=1S/C14H26O/c1-11(9-14(3,4)5)6-7-13-8-12(2)15-10-13/h8,11,13H,6-7,9-10H2,1-5H3. The lowest BCUT2D eigenvalue weighted by atomic mass is 9.82. The first kappa shape index (κ1) is 12.6. The fourth-order valence-corrected chi connectivity index (χ4v) is 2.48. The van der Waals surface area contributed by atoms with Crippen LogP contribution in [0.15, 0.2) is 11.8 Å². The molecule has 1 nitrogen and oxygen atoms in total. The van der Waals surface area contributed by atoms with Gasteiger partial charge in [0.25, 0.3) is 0 Å². The summed E-state index contributed by atoms with van der Waals surface area (Å²) in [7, 11) is 0. The van der Waals surface area contributed by atoms with Crippen molar-refractivity contribution < 1.29 is 4.74 Å². The summed E-state index contributed by atoms with van der Waals surface area (Å²) >= 11 is 0. The third-order valence-corrected chi connectivity index (χ3v) is 2.99. The Kier molecular flexibility index (Phi) is 4.24. The van der Waals surface area contributed by atoms with Crippen LogP contribution in [0.5, 0.6) is 0 Å². The Morgan fingerprint density at radius 3 is 2.60 bits per heavy atom. The Balaban J connectivity index is 2.20. The molecule has 2 atom stereocenters. The van der Waals surface area contributed by atoms with Crippen molar-refractivity contribution in [3.63, 3.8) is 0 Å². The average molecular weight is 210 g/mol. The summed E-state index contributed by atoms with van der Waals surface area (Å²) in [6, 6.07) is 0. The van der Waals surface area contributed by atoms with E-state index >= 15 is 0 Å². The molecular formula is C14H26O. The molecule has 0 fully saturated rings. The van der Waals surface area contributed by atoms with Gasteiger partial charge in [0, 0.05) is 5.92 Å². The topological polar surface area (TPSA) is 9.23 Å². The molecule has 1 aliphatic heterocycles. The summed E-state index contributed by atoms with van der Waals surface area (Å²) in [5, 5.41) is 0. The Hall–Kier alpha value is -0.460. The molecule has 0 amide bonds. The Morgan fingerprint density at radius 1 is 1.47 bits per heavy atom. The van der Waals surface area contributed by atoms with Crippen LogP contribution in [0, 0.1) is 17.3 Å². The summed E-state index contributed by atoms with van der Waals surface area (Å²) in [5.74, 6) is 2.62. The second-order valence-electron chi connectivity index (χ2n) is 6.30. The highest BCUT2D eigenvalue weighted by atomic mass is 16.5. The molecule has 0 saturated carbocycles. The van der Waals surface area contributed by atoms with E-state index in [1.54, 1.807) is 0 Å². The molecule has 0 radical (unpaired) electrons. The van der Waals surface area contributed by atoms with Gasteiger partial charge in [0.1, 0.15) is 0 Å². The number of hydrogen-bond acceptors (Lipinski definition) is 1. The first-order chi connectivity index (χ1) is 6.87. The van der Waals surface area contributed by atoms with Crippen LogP contribution in [0.25, 0.3) is 0 Å². The van der Waals surface area contributed by atoms with Crippen molar-refractivity contribution >= 4 is 0 Å². The van der Waals surface area contributed by atoms with Crippen LogP contribution in [-0.2, 0) is 4.74 Å². The largest absolute Gasteiger partial charge is 0.498 e. The second-order valence-corrected chi connectivity index (χ2v) is 6.30. The van der Waals surface area contributed by atoms with E-state index in [4.69, 9.17) is 4.74 Å². The molecule has 0 bridgehead atoms. The smallest absolute Gasteiger partial charge is 0.0940 e. The van der Waals surface area contributed by atoms with Crippen LogP contribution >= 0.6 is 0 Å². The van der Waals surface area contributed by atoms with E-state index in [0.29, 0.717) is 11.3 Å². The molecule has 2 unspecified atom stereocenters. The highest BCUT2D eigenvalue weighted by Crippen LogP contribution is 2.29. The fourth-order valence-electron chi connectivity index (χ4n) is 2.48. The van der Waals surface area contributed by atoms with Gasteiger partial charge in [-0.3, -0.25) is 0 Å². The maximum atomic E-state index is 5.46. The highest BCUT2D eigenvalue weighted by molar-refractivity contribution is 4.99. The maximum Gasteiger partial charge on any atom is 0.0940 e. The molecule has 15 heavy (non-hydrogen) atoms. The first-order valence-electron chi connectivity index (χ1n) is 6.18. The van der Waals surface area contributed by atoms with Crippen molar-refractivity contribution in [3.05, 3.63) is 11.8 Å².